The SMILES string of the molecule is CCCCN1CCC(Oc2ccc(C3=C(c4ccc(OCC)cc4F)CCCc4c3ccc(N)c4F)cc2)C1. The molecular formula is C33H38F2N2O2. The minimum atomic E-state index is -0.382. The van der Waals surface area contributed by atoms with Crippen LogP contribution in [0.15, 0.2) is 54.6 Å². The van der Waals surface area contributed by atoms with Crippen LogP contribution >= 0.6 is 0 Å². The first-order chi connectivity index (χ1) is 19.0. The number of hydrogen-bond acceptors (Lipinski definition) is 4. The standard InChI is InChI=1S/C33H38F2N2O2/c1-3-5-18-37-19-17-25(21-37)39-23-11-9-22(10-12-23)32-27(26-14-13-24(38-4-2)20-30(26)34)7-6-8-29-28(32)15-16-31(36)33(29)35/h9-16,20,25H,3-8,17-19,21,36H2,1-2H3. The first kappa shape index (κ1) is 27.2. The highest BCUT2D eigenvalue weighted by Gasteiger charge is 2.26. The number of benzene rings is 3. The Labute approximate surface area is 230 Å². The Bertz CT molecular complexity index is 1340. The molecular weight excluding hydrogens is 494 g/mol. The Hall–Kier alpha value is -3.38. The van der Waals surface area contributed by atoms with Gasteiger partial charge in [-0.1, -0.05) is 31.5 Å². The van der Waals surface area contributed by atoms with Crippen molar-refractivity contribution in [2.75, 3.05) is 32.0 Å². The fraction of sp³-hybridized carbons (Fsp3) is 0.394. The number of nitrogen functional groups attached to an aromatic ring is 1. The van der Waals surface area contributed by atoms with E-state index < -0.39 is 0 Å². The number of likely N-dealkylation sites (tertiary alicyclic amines) is 1. The molecule has 0 radical (unpaired) electrons. The van der Waals surface area contributed by atoms with Gasteiger partial charge in [-0.25, -0.2) is 8.78 Å². The van der Waals surface area contributed by atoms with Gasteiger partial charge in [-0.15, -0.1) is 0 Å². The minimum Gasteiger partial charge on any atom is -0.494 e. The molecule has 1 atom stereocenters. The predicted octanol–water partition coefficient (Wildman–Crippen LogP) is 7.49. The number of hydrogen-bond donors (Lipinski definition) is 1. The maximum atomic E-state index is 15.5. The van der Waals surface area contributed by atoms with E-state index >= 15 is 8.78 Å². The molecule has 1 fully saturated rings. The van der Waals surface area contributed by atoms with Gasteiger partial charge in [0.05, 0.1) is 12.3 Å². The zero-order chi connectivity index (χ0) is 27.4. The number of allylic oxidation sites excluding steroid dienone is 1. The van der Waals surface area contributed by atoms with Gasteiger partial charge < -0.3 is 15.2 Å². The maximum absolute atomic E-state index is 15.5. The van der Waals surface area contributed by atoms with Crippen LogP contribution in [0.4, 0.5) is 14.5 Å². The molecule has 39 heavy (non-hydrogen) atoms. The Balaban J connectivity index is 1.51. The number of nitrogens with two attached hydrogens (primary N) is 1. The van der Waals surface area contributed by atoms with E-state index in [0.29, 0.717) is 42.7 Å². The fourth-order valence-corrected chi connectivity index (χ4v) is 5.81. The Kier molecular flexibility index (Phi) is 8.51. The molecule has 1 aliphatic heterocycles. The van der Waals surface area contributed by atoms with E-state index in [9.17, 15) is 0 Å². The molecule has 0 bridgehead atoms. The van der Waals surface area contributed by atoms with Crippen molar-refractivity contribution in [2.24, 2.45) is 0 Å². The van der Waals surface area contributed by atoms with E-state index in [0.717, 1.165) is 54.1 Å². The summed E-state index contributed by atoms with van der Waals surface area (Å²) in [4.78, 5) is 2.47. The zero-order valence-electron chi connectivity index (χ0n) is 22.9. The highest BCUT2D eigenvalue weighted by atomic mass is 19.1. The summed E-state index contributed by atoms with van der Waals surface area (Å²) in [6.45, 7) is 7.69. The first-order valence-electron chi connectivity index (χ1n) is 14.2. The summed E-state index contributed by atoms with van der Waals surface area (Å²) in [5, 5.41) is 0. The lowest BCUT2D eigenvalue weighted by molar-refractivity contribution is 0.199. The van der Waals surface area contributed by atoms with Crippen LogP contribution in [0.25, 0.3) is 11.1 Å². The van der Waals surface area contributed by atoms with Crippen LogP contribution in [-0.2, 0) is 6.42 Å². The van der Waals surface area contributed by atoms with Crippen molar-refractivity contribution in [2.45, 2.75) is 58.5 Å². The topological polar surface area (TPSA) is 47.7 Å². The fourth-order valence-electron chi connectivity index (χ4n) is 5.81. The van der Waals surface area contributed by atoms with E-state index in [1.54, 1.807) is 18.2 Å². The van der Waals surface area contributed by atoms with Crippen molar-refractivity contribution >= 4 is 16.8 Å². The average molecular weight is 533 g/mol. The van der Waals surface area contributed by atoms with Crippen LogP contribution in [0.1, 0.15) is 68.2 Å². The second kappa shape index (κ2) is 12.2. The highest BCUT2D eigenvalue weighted by molar-refractivity contribution is 6.00. The lowest BCUT2D eigenvalue weighted by Crippen LogP contribution is -2.25. The Morgan fingerprint density at radius 1 is 0.949 bits per heavy atom. The largest absolute Gasteiger partial charge is 0.494 e. The third-order valence-corrected chi connectivity index (χ3v) is 7.78. The Morgan fingerprint density at radius 3 is 2.46 bits per heavy atom. The van der Waals surface area contributed by atoms with E-state index in [4.69, 9.17) is 15.2 Å². The van der Waals surface area contributed by atoms with Crippen molar-refractivity contribution in [1.82, 2.24) is 4.90 Å². The summed E-state index contributed by atoms with van der Waals surface area (Å²) in [7, 11) is 0. The van der Waals surface area contributed by atoms with Crippen LogP contribution in [0, 0.1) is 11.6 Å². The van der Waals surface area contributed by atoms with Gasteiger partial charge in [-0.05, 0) is 104 Å². The molecule has 0 aromatic heterocycles. The molecule has 3 aromatic rings. The lowest BCUT2D eigenvalue weighted by atomic mass is 9.87. The summed E-state index contributed by atoms with van der Waals surface area (Å²) in [6, 6.07) is 16.4. The van der Waals surface area contributed by atoms with Crippen LogP contribution in [0.3, 0.4) is 0 Å². The summed E-state index contributed by atoms with van der Waals surface area (Å²) in [5.41, 5.74) is 10.5. The number of rotatable bonds is 9. The smallest absolute Gasteiger partial charge is 0.149 e. The summed E-state index contributed by atoms with van der Waals surface area (Å²) < 4.78 is 42.5. The minimum absolute atomic E-state index is 0.136. The maximum Gasteiger partial charge on any atom is 0.149 e. The molecule has 1 heterocycles. The molecule has 5 rings (SSSR count). The number of unbranched alkanes of at least 4 members (excludes halogenated alkanes) is 1. The number of fused-ring (bicyclic) bond motifs is 1. The molecule has 1 aliphatic carbocycles. The molecule has 6 heteroatoms. The number of anilines is 1. The first-order valence-corrected chi connectivity index (χ1v) is 14.2. The van der Waals surface area contributed by atoms with E-state index in [-0.39, 0.29) is 23.4 Å². The number of halogens is 2. The number of ether oxygens (including phenoxy) is 2. The van der Waals surface area contributed by atoms with Crippen LogP contribution in [-0.4, -0.2) is 37.2 Å². The quantitative estimate of drug-likeness (QED) is 0.290. The average Bonchev–Trinajstić information content (AvgIpc) is 3.29. The molecule has 206 valence electrons. The van der Waals surface area contributed by atoms with E-state index in [1.807, 2.05) is 37.3 Å². The van der Waals surface area contributed by atoms with Crippen molar-refractivity contribution in [3.63, 3.8) is 0 Å². The monoisotopic (exact) mass is 532 g/mol. The molecule has 4 nitrogen and oxygen atoms in total. The number of nitrogens with zero attached hydrogens (tertiary/aromatic N) is 1. The summed E-state index contributed by atoms with van der Waals surface area (Å²) in [5.74, 6) is 0.581. The second-order valence-electron chi connectivity index (χ2n) is 10.5. The van der Waals surface area contributed by atoms with Gasteiger partial charge in [0, 0.05) is 24.7 Å². The van der Waals surface area contributed by atoms with Gasteiger partial charge in [-0.2, -0.15) is 0 Å². The zero-order valence-corrected chi connectivity index (χ0v) is 22.9. The van der Waals surface area contributed by atoms with Gasteiger partial charge in [-0.3, -0.25) is 4.90 Å². The van der Waals surface area contributed by atoms with Crippen LogP contribution < -0.4 is 15.2 Å². The Morgan fingerprint density at radius 2 is 1.72 bits per heavy atom. The van der Waals surface area contributed by atoms with Gasteiger partial charge in [0.25, 0.3) is 0 Å². The van der Waals surface area contributed by atoms with Crippen molar-refractivity contribution in [1.29, 1.82) is 0 Å². The predicted molar refractivity (Wildman–Crippen MR) is 154 cm³/mol. The molecule has 1 saturated heterocycles. The lowest BCUT2D eigenvalue weighted by Gasteiger charge is -2.19. The molecule has 2 aliphatic rings. The molecule has 0 spiro atoms. The van der Waals surface area contributed by atoms with Crippen molar-refractivity contribution in [3.8, 4) is 11.5 Å². The molecule has 0 amide bonds. The summed E-state index contributed by atoms with van der Waals surface area (Å²) in [6.07, 6.45) is 5.44. The highest BCUT2D eigenvalue weighted by Crippen LogP contribution is 2.42. The molecule has 2 N–H and O–H groups in total. The van der Waals surface area contributed by atoms with Gasteiger partial charge in [0.2, 0.25) is 0 Å². The van der Waals surface area contributed by atoms with Gasteiger partial charge >= 0.3 is 0 Å². The van der Waals surface area contributed by atoms with E-state index in [1.165, 1.54) is 18.9 Å². The third-order valence-electron chi connectivity index (χ3n) is 7.78. The van der Waals surface area contributed by atoms with Gasteiger partial charge in [0.15, 0.2) is 0 Å². The van der Waals surface area contributed by atoms with Crippen molar-refractivity contribution in [3.05, 3.63) is 88.5 Å². The van der Waals surface area contributed by atoms with Crippen LogP contribution in [0.2, 0.25) is 0 Å². The van der Waals surface area contributed by atoms with Crippen LogP contribution in [0.5, 0.6) is 11.5 Å². The molecule has 1 unspecified atom stereocenters. The molecule has 3 aromatic carbocycles. The summed E-state index contributed by atoms with van der Waals surface area (Å²) >= 11 is 0. The van der Waals surface area contributed by atoms with Gasteiger partial charge in [0.1, 0.15) is 29.2 Å². The third kappa shape index (κ3) is 5.96. The molecule has 0 saturated carbocycles. The normalized spacial score (nSPS) is 17.7. The second-order valence-corrected chi connectivity index (χ2v) is 10.5. The van der Waals surface area contributed by atoms with E-state index in [2.05, 4.69) is 11.8 Å². The van der Waals surface area contributed by atoms with Crippen molar-refractivity contribution < 1.29 is 18.3 Å².